The predicted octanol–water partition coefficient (Wildman–Crippen LogP) is 3.86. The second kappa shape index (κ2) is 7.73. The van der Waals surface area contributed by atoms with E-state index in [-0.39, 0.29) is 12.5 Å². The zero-order chi connectivity index (χ0) is 15.9. The van der Waals surface area contributed by atoms with Crippen molar-refractivity contribution in [2.75, 3.05) is 0 Å². The minimum Gasteiger partial charge on any atom is -0.481 e. The third-order valence-electron chi connectivity index (χ3n) is 3.57. The Balaban J connectivity index is 1.94. The van der Waals surface area contributed by atoms with Crippen molar-refractivity contribution in [1.29, 1.82) is 0 Å². The van der Waals surface area contributed by atoms with Gasteiger partial charge in [-0.2, -0.15) is 0 Å². The first kappa shape index (κ1) is 16.2. The van der Waals surface area contributed by atoms with Gasteiger partial charge in [0.15, 0.2) is 0 Å². The van der Waals surface area contributed by atoms with Crippen molar-refractivity contribution >= 4 is 23.6 Å². The van der Waals surface area contributed by atoms with Crippen LogP contribution in [0.4, 0.5) is 5.69 Å². The van der Waals surface area contributed by atoms with E-state index < -0.39 is 5.97 Å². The Kier molecular flexibility index (Phi) is 5.69. The summed E-state index contributed by atoms with van der Waals surface area (Å²) in [5.74, 6) is -0.741. The topological polar surface area (TPSA) is 71.2 Å². The molecule has 0 aliphatic carbocycles. The molecule has 0 aromatic heterocycles. The summed E-state index contributed by atoms with van der Waals surface area (Å²) in [7, 11) is 0. The number of rotatable bonds is 7. The number of unbranched alkanes of at least 4 members (excludes halogenated alkanes) is 2. The normalized spacial score (nSPS) is 17.5. The van der Waals surface area contributed by atoms with Crippen molar-refractivity contribution in [2.24, 2.45) is 10.1 Å². The van der Waals surface area contributed by atoms with Gasteiger partial charge in [-0.15, -0.1) is 0 Å². The van der Waals surface area contributed by atoms with Crippen molar-refractivity contribution in [2.45, 2.75) is 52.1 Å². The molecule has 5 nitrogen and oxygen atoms in total. The molecular formula is C17H22N2O3. The summed E-state index contributed by atoms with van der Waals surface area (Å²) in [5, 5.41) is 12.7. The molecule has 1 aromatic rings. The van der Waals surface area contributed by atoms with Crippen LogP contribution in [0.3, 0.4) is 0 Å². The monoisotopic (exact) mass is 302 g/mol. The summed E-state index contributed by atoms with van der Waals surface area (Å²) >= 11 is 0. The average Bonchev–Trinajstić information content (AvgIpc) is 2.90. The van der Waals surface area contributed by atoms with E-state index in [2.05, 4.69) is 10.1 Å². The fraction of sp³-hybridized carbons (Fsp3) is 0.471. The molecular weight excluding hydrogens is 280 g/mol. The molecule has 1 N–H and O–H groups in total. The third-order valence-corrected chi connectivity index (χ3v) is 3.57. The van der Waals surface area contributed by atoms with Gasteiger partial charge in [-0.3, -0.25) is 9.79 Å². The minimum absolute atomic E-state index is 0.137. The zero-order valence-electron chi connectivity index (χ0n) is 13.1. The average molecular weight is 302 g/mol. The highest BCUT2D eigenvalue weighted by Gasteiger charge is 2.18. The summed E-state index contributed by atoms with van der Waals surface area (Å²) in [5.41, 5.74) is 4.05. The van der Waals surface area contributed by atoms with Crippen LogP contribution in [0.25, 0.3) is 0 Å². The van der Waals surface area contributed by atoms with Crippen LogP contribution in [0.1, 0.15) is 50.2 Å². The molecule has 1 aromatic carbocycles. The highest BCUT2D eigenvalue weighted by atomic mass is 16.6. The van der Waals surface area contributed by atoms with E-state index in [1.54, 1.807) is 0 Å². The number of aryl methyl sites for hydroxylation is 1. The van der Waals surface area contributed by atoms with E-state index in [0.29, 0.717) is 6.42 Å². The van der Waals surface area contributed by atoms with Gasteiger partial charge < -0.3 is 9.94 Å². The molecule has 1 unspecified atom stereocenters. The predicted molar refractivity (Wildman–Crippen MR) is 87.1 cm³/mol. The number of aliphatic carboxylic acids is 1. The van der Waals surface area contributed by atoms with E-state index in [1.807, 2.05) is 38.3 Å². The molecule has 5 heteroatoms. The van der Waals surface area contributed by atoms with Crippen molar-refractivity contribution in [3.8, 4) is 0 Å². The Hall–Kier alpha value is -2.17. The highest BCUT2D eigenvalue weighted by Crippen LogP contribution is 2.24. The number of carboxylic acid groups (broad SMARTS) is 1. The molecule has 2 rings (SSSR count). The molecule has 0 fully saturated rings. The molecule has 0 amide bonds. The Labute approximate surface area is 130 Å². The van der Waals surface area contributed by atoms with Crippen LogP contribution in [-0.4, -0.2) is 29.1 Å². The van der Waals surface area contributed by atoms with Crippen molar-refractivity contribution in [3.05, 3.63) is 29.3 Å². The van der Waals surface area contributed by atoms with E-state index in [0.717, 1.165) is 41.8 Å². The third kappa shape index (κ3) is 4.69. The molecule has 1 aliphatic heterocycles. The van der Waals surface area contributed by atoms with Gasteiger partial charge in [0.25, 0.3) is 0 Å². The first-order valence-electron chi connectivity index (χ1n) is 7.64. The minimum atomic E-state index is -0.741. The lowest BCUT2D eigenvalue weighted by atomic mass is 10.0. The molecule has 0 bridgehead atoms. The van der Waals surface area contributed by atoms with Gasteiger partial charge in [0, 0.05) is 24.6 Å². The van der Waals surface area contributed by atoms with Crippen molar-refractivity contribution in [1.82, 2.24) is 0 Å². The molecule has 0 saturated heterocycles. The molecule has 0 saturated carbocycles. The van der Waals surface area contributed by atoms with Crippen LogP contribution in [0.2, 0.25) is 0 Å². The molecule has 1 heterocycles. The van der Waals surface area contributed by atoms with Crippen molar-refractivity contribution in [3.63, 3.8) is 0 Å². The largest absolute Gasteiger partial charge is 0.481 e. The lowest BCUT2D eigenvalue weighted by molar-refractivity contribution is -0.137. The Morgan fingerprint density at radius 3 is 3.00 bits per heavy atom. The van der Waals surface area contributed by atoms with Crippen LogP contribution in [-0.2, 0) is 9.63 Å². The summed E-state index contributed by atoms with van der Waals surface area (Å²) in [6.45, 7) is 4.03. The van der Waals surface area contributed by atoms with Gasteiger partial charge in [-0.25, -0.2) is 0 Å². The number of aliphatic imine (C=N–C) groups is 1. The molecule has 22 heavy (non-hydrogen) atoms. The fourth-order valence-corrected chi connectivity index (χ4v) is 2.27. The SMILES string of the molecule is Cc1ccc(C2=NOC(C)C2)cc1N=CCCCCC(=O)O. The Morgan fingerprint density at radius 1 is 1.50 bits per heavy atom. The zero-order valence-corrected chi connectivity index (χ0v) is 13.1. The van der Waals surface area contributed by atoms with Crippen LogP contribution in [0.5, 0.6) is 0 Å². The lowest BCUT2D eigenvalue weighted by Gasteiger charge is -2.04. The van der Waals surface area contributed by atoms with Crippen LogP contribution in [0.15, 0.2) is 28.3 Å². The summed E-state index contributed by atoms with van der Waals surface area (Å²) in [6, 6.07) is 6.11. The first-order valence-corrected chi connectivity index (χ1v) is 7.64. The summed E-state index contributed by atoms with van der Waals surface area (Å²) in [6.07, 6.45) is 5.36. The van der Waals surface area contributed by atoms with Gasteiger partial charge in [0.1, 0.15) is 6.10 Å². The molecule has 0 radical (unpaired) electrons. The van der Waals surface area contributed by atoms with Crippen LogP contribution in [0, 0.1) is 6.92 Å². The highest BCUT2D eigenvalue weighted by molar-refractivity contribution is 6.02. The van der Waals surface area contributed by atoms with Gasteiger partial charge in [0.2, 0.25) is 0 Å². The molecule has 118 valence electrons. The Morgan fingerprint density at radius 2 is 2.32 bits per heavy atom. The quantitative estimate of drug-likeness (QED) is 0.614. The maximum absolute atomic E-state index is 10.4. The van der Waals surface area contributed by atoms with Gasteiger partial charge in [-0.1, -0.05) is 17.3 Å². The number of carboxylic acids is 1. The second-order valence-corrected chi connectivity index (χ2v) is 5.61. The Bertz CT molecular complexity index is 594. The number of oxime groups is 1. The van der Waals surface area contributed by atoms with Crippen molar-refractivity contribution < 1.29 is 14.7 Å². The van der Waals surface area contributed by atoms with Gasteiger partial charge in [-0.05, 0) is 44.7 Å². The molecule has 1 atom stereocenters. The number of carbonyl (C=O) groups is 1. The lowest BCUT2D eigenvalue weighted by Crippen LogP contribution is -2.03. The molecule has 0 spiro atoms. The number of nitrogens with zero attached hydrogens (tertiary/aromatic N) is 2. The smallest absolute Gasteiger partial charge is 0.303 e. The summed E-state index contributed by atoms with van der Waals surface area (Å²) < 4.78 is 0. The fourth-order valence-electron chi connectivity index (χ4n) is 2.27. The maximum atomic E-state index is 10.4. The second-order valence-electron chi connectivity index (χ2n) is 5.61. The summed E-state index contributed by atoms with van der Waals surface area (Å²) in [4.78, 5) is 20.2. The van der Waals surface area contributed by atoms with Crippen LogP contribution >= 0.6 is 0 Å². The van der Waals surface area contributed by atoms with Crippen LogP contribution < -0.4 is 0 Å². The number of benzene rings is 1. The number of hydrogen-bond donors (Lipinski definition) is 1. The number of hydrogen-bond acceptors (Lipinski definition) is 4. The van der Waals surface area contributed by atoms with Gasteiger partial charge in [0.05, 0.1) is 11.4 Å². The maximum Gasteiger partial charge on any atom is 0.303 e. The van der Waals surface area contributed by atoms with Gasteiger partial charge >= 0.3 is 5.97 Å². The molecule has 1 aliphatic rings. The van der Waals surface area contributed by atoms with E-state index in [1.165, 1.54) is 0 Å². The van der Waals surface area contributed by atoms with E-state index in [9.17, 15) is 4.79 Å². The van der Waals surface area contributed by atoms with E-state index in [4.69, 9.17) is 9.94 Å². The first-order chi connectivity index (χ1) is 10.6. The standard InChI is InChI=1S/C17H22N2O3/c1-12-7-8-14(16-10-13(2)22-19-16)11-15(12)18-9-5-3-4-6-17(20)21/h7-9,11,13H,3-6,10H2,1-2H3,(H,20,21). The van der Waals surface area contributed by atoms with E-state index >= 15 is 0 Å².